The van der Waals surface area contributed by atoms with Crippen molar-refractivity contribution in [1.82, 2.24) is 0 Å². The van der Waals surface area contributed by atoms with Crippen LogP contribution >= 0.6 is 0 Å². The maximum atomic E-state index is 12.0. The molecule has 0 fully saturated rings. The van der Waals surface area contributed by atoms with E-state index in [0.717, 1.165) is 55.6 Å². The van der Waals surface area contributed by atoms with Crippen LogP contribution in [0.1, 0.15) is 47.2 Å². The Hall–Kier alpha value is -5.36. The molecular formula is C40H38O6. The molecule has 0 amide bonds. The normalized spacial score (nSPS) is 10.8. The molecular weight excluding hydrogens is 576 g/mol. The molecule has 0 unspecified atom stereocenters. The first-order chi connectivity index (χ1) is 22.3. The number of ether oxygens (including phenoxy) is 2. The van der Waals surface area contributed by atoms with Crippen molar-refractivity contribution in [2.24, 2.45) is 0 Å². The SMILES string of the molecule is CCOC(=O)Cc1cccc(-c2cc(Cc3ccc(Cc4ccc(O)c(-c5cccc(CC(=O)OCC)c5)c4)cc3)ccc2O)c1. The Morgan fingerprint density at radius 1 is 0.500 bits per heavy atom. The van der Waals surface area contributed by atoms with Crippen molar-refractivity contribution in [2.75, 3.05) is 13.2 Å². The largest absolute Gasteiger partial charge is 0.507 e. The van der Waals surface area contributed by atoms with Gasteiger partial charge in [-0.25, -0.2) is 0 Å². The number of aromatic hydroxyl groups is 2. The molecule has 0 aromatic heterocycles. The lowest BCUT2D eigenvalue weighted by molar-refractivity contribution is -0.143. The molecule has 0 saturated heterocycles. The first-order valence-electron chi connectivity index (χ1n) is 15.5. The first-order valence-corrected chi connectivity index (χ1v) is 15.5. The van der Waals surface area contributed by atoms with Gasteiger partial charge in [0.05, 0.1) is 26.1 Å². The van der Waals surface area contributed by atoms with Gasteiger partial charge < -0.3 is 19.7 Å². The number of phenols is 2. The first kappa shape index (κ1) is 32.0. The summed E-state index contributed by atoms with van der Waals surface area (Å²) in [6.07, 6.45) is 1.76. The lowest BCUT2D eigenvalue weighted by Gasteiger charge is -2.11. The zero-order valence-electron chi connectivity index (χ0n) is 26.2. The minimum atomic E-state index is -0.274. The van der Waals surface area contributed by atoms with Crippen LogP contribution in [-0.4, -0.2) is 35.4 Å². The van der Waals surface area contributed by atoms with Crippen molar-refractivity contribution < 1.29 is 29.3 Å². The topological polar surface area (TPSA) is 93.1 Å². The number of esters is 2. The van der Waals surface area contributed by atoms with Gasteiger partial charge in [0.25, 0.3) is 0 Å². The number of phenolic OH excluding ortho intramolecular Hbond substituents is 2. The van der Waals surface area contributed by atoms with E-state index in [2.05, 4.69) is 24.3 Å². The summed E-state index contributed by atoms with van der Waals surface area (Å²) in [7, 11) is 0. The van der Waals surface area contributed by atoms with E-state index in [-0.39, 0.29) is 36.3 Å². The van der Waals surface area contributed by atoms with Gasteiger partial charge in [-0.2, -0.15) is 0 Å². The highest BCUT2D eigenvalue weighted by Crippen LogP contribution is 2.33. The summed E-state index contributed by atoms with van der Waals surface area (Å²) >= 11 is 0. The number of carbonyl (C=O) groups excluding carboxylic acids is 2. The predicted molar refractivity (Wildman–Crippen MR) is 180 cm³/mol. The fourth-order valence-electron chi connectivity index (χ4n) is 5.55. The van der Waals surface area contributed by atoms with Crippen LogP contribution in [0.2, 0.25) is 0 Å². The maximum Gasteiger partial charge on any atom is 0.310 e. The summed E-state index contributed by atoms with van der Waals surface area (Å²) in [5.74, 6) is -0.174. The van der Waals surface area contributed by atoms with E-state index >= 15 is 0 Å². The number of hydrogen-bond acceptors (Lipinski definition) is 6. The second-order valence-electron chi connectivity index (χ2n) is 11.2. The Morgan fingerprint density at radius 2 is 0.891 bits per heavy atom. The average molecular weight is 615 g/mol. The van der Waals surface area contributed by atoms with Crippen LogP contribution in [0.5, 0.6) is 11.5 Å². The number of benzene rings is 5. The molecule has 0 bridgehead atoms. The molecule has 0 aliphatic heterocycles. The molecule has 234 valence electrons. The van der Waals surface area contributed by atoms with Crippen molar-refractivity contribution in [1.29, 1.82) is 0 Å². The highest BCUT2D eigenvalue weighted by Gasteiger charge is 2.12. The molecule has 46 heavy (non-hydrogen) atoms. The molecule has 2 N–H and O–H groups in total. The molecule has 6 nitrogen and oxygen atoms in total. The average Bonchev–Trinajstić information content (AvgIpc) is 3.04. The Bertz CT molecular complexity index is 1690. The number of rotatable bonds is 12. The lowest BCUT2D eigenvalue weighted by Crippen LogP contribution is -2.07. The van der Waals surface area contributed by atoms with Crippen LogP contribution in [0, 0.1) is 0 Å². The maximum absolute atomic E-state index is 12.0. The molecule has 6 heteroatoms. The second-order valence-corrected chi connectivity index (χ2v) is 11.2. The number of carbonyl (C=O) groups is 2. The highest BCUT2D eigenvalue weighted by molar-refractivity contribution is 5.77. The molecule has 5 rings (SSSR count). The van der Waals surface area contributed by atoms with Crippen LogP contribution in [0.4, 0.5) is 0 Å². The molecule has 0 aliphatic rings. The Balaban J connectivity index is 1.27. The predicted octanol–water partition coefficient (Wildman–Crippen LogP) is 7.82. The Kier molecular flexibility index (Phi) is 10.5. The second kappa shape index (κ2) is 15.1. The smallest absolute Gasteiger partial charge is 0.310 e. The summed E-state index contributed by atoms with van der Waals surface area (Å²) in [6, 6.07) is 34.9. The van der Waals surface area contributed by atoms with E-state index in [1.165, 1.54) is 0 Å². The third-order valence-electron chi connectivity index (χ3n) is 7.74. The van der Waals surface area contributed by atoms with Crippen molar-refractivity contribution in [3.8, 4) is 33.8 Å². The van der Waals surface area contributed by atoms with Crippen LogP contribution in [0.25, 0.3) is 22.3 Å². The van der Waals surface area contributed by atoms with E-state index in [9.17, 15) is 19.8 Å². The van der Waals surface area contributed by atoms with Gasteiger partial charge in [0.15, 0.2) is 0 Å². The summed E-state index contributed by atoms with van der Waals surface area (Å²) < 4.78 is 10.2. The molecule has 0 spiro atoms. The van der Waals surface area contributed by atoms with E-state index in [4.69, 9.17) is 9.47 Å². The van der Waals surface area contributed by atoms with E-state index in [1.54, 1.807) is 26.0 Å². The zero-order valence-corrected chi connectivity index (χ0v) is 26.2. The van der Waals surface area contributed by atoms with Crippen molar-refractivity contribution >= 4 is 11.9 Å². The van der Waals surface area contributed by atoms with E-state index < -0.39 is 0 Å². The van der Waals surface area contributed by atoms with Gasteiger partial charge in [-0.1, -0.05) is 84.9 Å². The molecule has 5 aromatic rings. The van der Waals surface area contributed by atoms with Gasteiger partial charge in [0.2, 0.25) is 0 Å². The van der Waals surface area contributed by atoms with Gasteiger partial charge in [0, 0.05) is 11.1 Å². The third-order valence-corrected chi connectivity index (χ3v) is 7.74. The van der Waals surface area contributed by atoms with Crippen molar-refractivity contribution in [3.05, 3.63) is 143 Å². The van der Waals surface area contributed by atoms with Gasteiger partial charge in [0.1, 0.15) is 11.5 Å². The summed E-state index contributed by atoms with van der Waals surface area (Å²) in [5.41, 5.74) is 9.19. The quantitative estimate of drug-likeness (QED) is 0.139. The van der Waals surface area contributed by atoms with Crippen LogP contribution in [-0.2, 0) is 44.7 Å². The van der Waals surface area contributed by atoms with Gasteiger partial charge >= 0.3 is 11.9 Å². The molecule has 0 radical (unpaired) electrons. The minimum absolute atomic E-state index is 0.185. The zero-order chi connectivity index (χ0) is 32.5. The van der Waals surface area contributed by atoms with Crippen LogP contribution in [0.3, 0.4) is 0 Å². The fraction of sp³-hybridized carbons (Fsp3) is 0.200. The monoisotopic (exact) mass is 614 g/mol. The Morgan fingerprint density at radius 3 is 1.28 bits per heavy atom. The summed E-state index contributed by atoms with van der Waals surface area (Å²) in [5, 5.41) is 21.3. The van der Waals surface area contributed by atoms with Crippen LogP contribution in [0.15, 0.2) is 109 Å². The molecule has 5 aromatic carbocycles. The highest BCUT2D eigenvalue weighted by atomic mass is 16.5. The van der Waals surface area contributed by atoms with Crippen molar-refractivity contribution in [2.45, 2.75) is 39.5 Å². The Labute approximate surface area is 269 Å². The number of hydrogen-bond donors (Lipinski definition) is 2. The van der Waals surface area contributed by atoms with E-state index in [0.29, 0.717) is 26.1 Å². The standard InChI is InChI=1S/C40H38O6/c1-3-45-39(43)25-29-7-5-9-33(21-29)35-23-31(15-17-37(35)41)19-27-11-13-28(14-12-27)20-32-16-18-38(42)36(24-32)34-10-6-8-30(22-34)26-40(44)46-4-2/h5-18,21-24,41-42H,3-4,19-20,25-26H2,1-2H3. The molecule has 0 aliphatic carbocycles. The van der Waals surface area contributed by atoms with Crippen LogP contribution < -0.4 is 0 Å². The lowest BCUT2D eigenvalue weighted by atomic mass is 9.95. The van der Waals surface area contributed by atoms with Gasteiger partial charge in [-0.3, -0.25) is 9.59 Å². The molecule has 0 heterocycles. The van der Waals surface area contributed by atoms with Gasteiger partial charge in [-0.05, 0) is 95.5 Å². The minimum Gasteiger partial charge on any atom is -0.507 e. The van der Waals surface area contributed by atoms with Crippen molar-refractivity contribution in [3.63, 3.8) is 0 Å². The summed E-state index contributed by atoms with van der Waals surface area (Å²) in [6.45, 7) is 4.26. The molecule has 0 atom stereocenters. The fourth-order valence-corrected chi connectivity index (χ4v) is 5.55. The van der Waals surface area contributed by atoms with E-state index in [1.807, 2.05) is 72.8 Å². The van der Waals surface area contributed by atoms with Gasteiger partial charge in [-0.15, -0.1) is 0 Å². The molecule has 0 saturated carbocycles. The third kappa shape index (κ3) is 8.42. The summed E-state index contributed by atoms with van der Waals surface area (Å²) in [4.78, 5) is 23.9.